The van der Waals surface area contributed by atoms with Crippen LogP contribution in [0.25, 0.3) is 0 Å². The standard InChI is InChI=1S/C12H24N2O/c1-4-13-8-12(15)14-11-7-5-6-9(2)10(11)3/h9-11,13H,4-8H2,1-3H3,(H,14,15). The molecule has 0 heterocycles. The smallest absolute Gasteiger partial charge is 0.234 e. The van der Waals surface area contributed by atoms with E-state index >= 15 is 0 Å². The Balaban J connectivity index is 2.33. The normalized spacial score (nSPS) is 31.3. The Hall–Kier alpha value is -0.570. The number of hydrogen-bond acceptors (Lipinski definition) is 2. The zero-order chi connectivity index (χ0) is 11.3. The second-order valence-corrected chi connectivity index (χ2v) is 4.72. The van der Waals surface area contributed by atoms with Gasteiger partial charge < -0.3 is 10.6 Å². The van der Waals surface area contributed by atoms with Crippen molar-refractivity contribution in [3.63, 3.8) is 0 Å². The first-order valence-electron chi connectivity index (χ1n) is 6.15. The maximum absolute atomic E-state index is 11.5. The topological polar surface area (TPSA) is 41.1 Å². The molecule has 3 nitrogen and oxygen atoms in total. The summed E-state index contributed by atoms with van der Waals surface area (Å²) in [7, 11) is 0. The zero-order valence-electron chi connectivity index (χ0n) is 10.2. The van der Waals surface area contributed by atoms with E-state index in [-0.39, 0.29) is 5.91 Å². The van der Waals surface area contributed by atoms with Crippen molar-refractivity contribution in [3.05, 3.63) is 0 Å². The Bertz CT molecular complexity index is 206. The van der Waals surface area contributed by atoms with Gasteiger partial charge in [-0.15, -0.1) is 0 Å². The third-order valence-electron chi connectivity index (χ3n) is 3.59. The summed E-state index contributed by atoms with van der Waals surface area (Å²) in [5.74, 6) is 1.50. The lowest BCUT2D eigenvalue weighted by Gasteiger charge is -2.34. The van der Waals surface area contributed by atoms with Gasteiger partial charge in [0.05, 0.1) is 6.54 Å². The van der Waals surface area contributed by atoms with Crippen molar-refractivity contribution in [1.29, 1.82) is 0 Å². The Labute approximate surface area is 93.0 Å². The first-order chi connectivity index (χ1) is 7.15. The van der Waals surface area contributed by atoms with Crippen molar-refractivity contribution >= 4 is 5.91 Å². The summed E-state index contributed by atoms with van der Waals surface area (Å²) in [5, 5.41) is 6.18. The third kappa shape index (κ3) is 3.82. The summed E-state index contributed by atoms with van der Waals surface area (Å²) in [4.78, 5) is 11.5. The van der Waals surface area contributed by atoms with Crippen molar-refractivity contribution < 1.29 is 4.79 Å². The van der Waals surface area contributed by atoms with E-state index in [1.54, 1.807) is 0 Å². The third-order valence-corrected chi connectivity index (χ3v) is 3.59. The molecule has 0 aromatic carbocycles. The molecule has 3 unspecified atom stereocenters. The maximum atomic E-state index is 11.5. The van der Waals surface area contributed by atoms with Crippen molar-refractivity contribution in [2.24, 2.45) is 11.8 Å². The number of carbonyl (C=O) groups excluding carboxylic acids is 1. The fourth-order valence-electron chi connectivity index (χ4n) is 2.28. The molecule has 1 rings (SSSR count). The highest BCUT2D eigenvalue weighted by molar-refractivity contribution is 5.78. The Kier molecular flexibility index (Phi) is 5.09. The van der Waals surface area contributed by atoms with E-state index in [4.69, 9.17) is 0 Å². The van der Waals surface area contributed by atoms with Gasteiger partial charge in [-0.3, -0.25) is 4.79 Å². The quantitative estimate of drug-likeness (QED) is 0.742. The van der Waals surface area contributed by atoms with Gasteiger partial charge in [-0.1, -0.05) is 33.6 Å². The first kappa shape index (κ1) is 12.5. The highest BCUT2D eigenvalue weighted by Gasteiger charge is 2.27. The predicted molar refractivity (Wildman–Crippen MR) is 62.7 cm³/mol. The number of hydrogen-bond donors (Lipinski definition) is 2. The second kappa shape index (κ2) is 6.11. The lowest BCUT2D eigenvalue weighted by molar-refractivity contribution is -0.121. The van der Waals surface area contributed by atoms with E-state index in [2.05, 4.69) is 24.5 Å². The van der Waals surface area contributed by atoms with E-state index in [1.165, 1.54) is 12.8 Å². The summed E-state index contributed by atoms with van der Waals surface area (Å²) in [6.07, 6.45) is 3.70. The molecule has 1 aliphatic carbocycles. The highest BCUT2D eigenvalue weighted by Crippen LogP contribution is 2.29. The van der Waals surface area contributed by atoms with Crippen molar-refractivity contribution in [2.45, 2.75) is 46.1 Å². The monoisotopic (exact) mass is 212 g/mol. The van der Waals surface area contributed by atoms with Gasteiger partial charge in [-0.05, 0) is 24.8 Å². The molecule has 88 valence electrons. The molecule has 0 radical (unpaired) electrons. The molecule has 1 aliphatic rings. The Morgan fingerprint density at radius 1 is 1.33 bits per heavy atom. The summed E-state index contributed by atoms with van der Waals surface area (Å²) < 4.78 is 0. The van der Waals surface area contributed by atoms with E-state index in [9.17, 15) is 4.79 Å². The number of carbonyl (C=O) groups is 1. The number of rotatable bonds is 4. The minimum absolute atomic E-state index is 0.141. The van der Waals surface area contributed by atoms with Gasteiger partial charge in [-0.25, -0.2) is 0 Å². The van der Waals surface area contributed by atoms with Crippen LogP contribution in [-0.2, 0) is 4.79 Å². The van der Waals surface area contributed by atoms with Crippen LogP contribution in [0.1, 0.15) is 40.0 Å². The van der Waals surface area contributed by atoms with Gasteiger partial charge in [0.2, 0.25) is 5.91 Å². The molecule has 15 heavy (non-hydrogen) atoms. The average molecular weight is 212 g/mol. The van der Waals surface area contributed by atoms with Crippen molar-refractivity contribution in [3.8, 4) is 0 Å². The number of amides is 1. The Morgan fingerprint density at radius 3 is 2.73 bits per heavy atom. The van der Waals surface area contributed by atoms with Gasteiger partial charge in [-0.2, -0.15) is 0 Å². The van der Waals surface area contributed by atoms with Crippen LogP contribution in [0.15, 0.2) is 0 Å². The maximum Gasteiger partial charge on any atom is 0.234 e. The lowest BCUT2D eigenvalue weighted by Crippen LogP contribution is -2.46. The van der Waals surface area contributed by atoms with Crippen molar-refractivity contribution in [1.82, 2.24) is 10.6 Å². The SMILES string of the molecule is CCNCC(=O)NC1CCCC(C)C1C. The summed E-state index contributed by atoms with van der Waals surface area (Å²) in [6, 6.07) is 0.389. The van der Waals surface area contributed by atoms with E-state index < -0.39 is 0 Å². The van der Waals surface area contributed by atoms with Gasteiger partial charge in [0.15, 0.2) is 0 Å². The molecule has 1 amide bonds. The lowest BCUT2D eigenvalue weighted by atomic mass is 9.78. The second-order valence-electron chi connectivity index (χ2n) is 4.72. The van der Waals surface area contributed by atoms with Crippen LogP contribution in [0.5, 0.6) is 0 Å². The predicted octanol–water partition coefficient (Wildman–Crippen LogP) is 1.54. The zero-order valence-corrected chi connectivity index (χ0v) is 10.2. The minimum atomic E-state index is 0.141. The van der Waals surface area contributed by atoms with Crippen LogP contribution < -0.4 is 10.6 Å². The molecule has 1 saturated carbocycles. The molecule has 0 aromatic heterocycles. The van der Waals surface area contributed by atoms with Gasteiger partial charge >= 0.3 is 0 Å². The summed E-state index contributed by atoms with van der Waals surface area (Å²) >= 11 is 0. The molecular weight excluding hydrogens is 188 g/mol. The molecule has 1 fully saturated rings. The number of likely N-dealkylation sites (N-methyl/N-ethyl adjacent to an activating group) is 1. The largest absolute Gasteiger partial charge is 0.352 e. The molecular formula is C12H24N2O. The van der Waals surface area contributed by atoms with E-state index in [0.29, 0.717) is 18.5 Å². The minimum Gasteiger partial charge on any atom is -0.352 e. The fraction of sp³-hybridized carbons (Fsp3) is 0.917. The van der Waals surface area contributed by atoms with Crippen LogP contribution in [0.3, 0.4) is 0 Å². The Morgan fingerprint density at radius 2 is 2.07 bits per heavy atom. The summed E-state index contributed by atoms with van der Waals surface area (Å²) in [6.45, 7) is 7.85. The van der Waals surface area contributed by atoms with Crippen LogP contribution in [0.4, 0.5) is 0 Å². The average Bonchev–Trinajstić information content (AvgIpc) is 2.22. The van der Waals surface area contributed by atoms with Crippen LogP contribution >= 0.6 is 0 Å². The van der Waals surface area contributed by atoms with Crippen LogP contribution in [0.2, 0.25) is 0 Å². The summed E-state index contributed by atoms with van der Waals surface area (Å²) in [5.41, 5.74) is 0. The number of nitrogens with one attached hydrogen (secondary N) is 2. The van der Waals surface area contributed by atoms with Gasteiger partial charge in [0.25, 0.3) is 0 Å². The van der Waals surface area contributed by atoms with Crippen molar-refractivity contribution in [2.75, 3.05) is 13.1 Å². The van der Waals surface area contributed by atoms with E-state index in [0.717, 1.165) is 18.9 Å². The fourth-order valence-corrected chi connectivity index (χ4v) is 2.28. The molecule has 0 bridgehead atoms. The van der Waals surface area contributed by atoms with Gasteiger partial charge in [0, 0.05) is 6.04 Å². The molecule has 0 aromatic rings. The molecule has 0 spiro atoms. The molecule has 3 atom stereocenters. The first-order valence-corrected chi connectivity index (χ1v) is 6.15. The molecule has 3 heteroatoms. The molecule has 2 N–H and O–H groups in total. The molecule has 0 saturated heterocycles. The highest BCUT2D eigenvalue weighted by atomic mass is 16.1. The van der Waals surface area contributed by atoms with E-state index in [1.807, 2.05) is 6.92 Å². The van der Waals surface area contributed by atoms with Crippen LogP contribution in [0, 0.1) is 11.8 Å². The molecule has 0 aliphatic heterocycles. The van der Waals surface area contributed by atoms with Gasteiger partial charge in [0.1, 0.15) is 0 Å². The van der Waals surface area contributed by atoms with Crippen LogP contribution in [-0.4, -0.2) is 25.0 Å².